The van der Waals surface area contributed by atoms with E-state index in [1.807, 2.05) is 43.0 Å². The highest BCUT2D eigenvalue weighted by molar-refractivity contribution is 6.30. The third-order valence-electron chi connectivity index (χ3n) is 5.83. The highest BCUT2D eigenvalue weighted by Gasteiger charge is 2.51. The largest absolute Gasteiger partial charge is 0.365 e. The molecule has 0 unspecified atom stereocenters. The number of hydrogen-bond acceptors (Lipinski definition) is 9. The molecule has 1 fully saturated rings. The molecule has 36 heavy (non-hydrogen) atoms. The van der Waals surface area contributed by atoms with E-state index < -0.39 is 5.60 Å². The fourth-order valence-electron chi connectivity index (χ4n) is 3.88. The van der Waals surface area contributed by atoms with Gasteiger partial charge >= 0.3 is 0 Å². The molecule has 13 heteroatoms. The Kier molecular flexibility index (Phi) is 6.29. The van der Waals surface area contributed by atoms with E-state index >= 15 is 0 Å². The van der Waals surface area contributed by atoms with E-state index in [1.54, 1.807) is 23.3 Å². The lowest BCUT2D eigenvalue weighted by atomic mass is 9.93. The number of nitrogens with one attached hydrogen (secondary N) is 3. The highest BCUT2D eigenvalue weighted by Crippen LogP contribution is 2.30. The van der Waals surface area contributed by atoms with Gasteiger partial charge in [-0.15, -0.1) is 0 Å². The number of amides is 1. The van der Waals surface area contributed by atoms with Gasteiger partial charge in [0.15, 0.2) is 17.2 Å². The van der Waals surface area contributed by atoms with Gasteiger partial charge in [-0.1, -0.05) is 17.7 Å². The van der Waals surface area contributed by atoms with Crippen molar-refractivity contribution >= 4 is 35.1 Å². The summed E-state index contributed by atoms with van der Waals surface area (Å²) >= 11 is 5.91. The maximum Gasteiger partial charge on any atom is 0.256 e. The van der Waals surface area contributed by atoms with Crippen LogP contribution in [0.4, 0.5) is 17.6 Å². The van der Waals surface area contributed by atoms with E-state index in [-0.39, 0.29) is 5.91 Å². The van der Waals surface area contributed by atoms with Gasteiger partial charge < -0.3 is 20.3 Å². The number of halogens is 1. The average molecular weight is 509 g/mol. The maximum atomic E-state index is 13.0. The number of aryl methyl sites for hydroxylation is 2. The lowest BCUT2D eigenvalue weighted by Gasteiger charge is -2.47. The standard InChI is InChI=1S/C23H25ClN10O2/c1-14-6-18(29-19-7-15(2)31-32-19)30-22(28-14)33-12-23(13-33,36-3)21(35)26-9-16-4-5-20(25-8-16)34-11-17(24)10-27-34/h4-8,10-11H,9,12-13H2,1-3H3,(H,26,35)(H2,28,29,30,31,32). The Morgan fingerprint density at radius 2 is 2.03 bits per heavy atom. The SMILES string of the molecule is COC1(C(=O)NCc2ccc(-n3cc(Cl)cn3)nc2)CN(c2nc(C)cc(Nc3cc(C)[nH]n3)n2)C1. The molecule has 186 valence electrons. The van der Waals surface area contributed by atoms with E-state index in [9.17, 15) is 4.79 Å². The maximum absolute atomic E-state index is 13.0. The second-order valence-corrected chi connectivity index (χ2v) is 9.06. The molecule has 1 amide bonds. The molecule has 12 nitrogen and oxygen atoms in total. The lowest BCUT2D eigenvalue weighted by Crippen LogP contribution is -2.70. The molecule has 0 saturated carbocycles. The van der Waals surface area contributed by atoms with E-state index in [2.05, 4.69) is 40.9 Å². The van der Waals surface area contributed by atoms with E-state index in [0.717, 1.165) is 17.0 Å². The van der Waals surface area contributed by atoms with Gasteiger partial charge in [0.1, 0.15) is 5.82 Å². The van der Waals surface area contributed by atoms with Crippen LogP contribution in [0.5, 0.6) is 0 Å². The summed E-state index contributed by atoms with van der Waals surface area (Å²) < 4.78 is 7.22. The van der Waals surface area contributed by atoms with Crippen LogP contribution in [0.1, 0.15) is 17.0 Å². The predicted molar refractivity (Wildman–Crippen MR) is 134 cm³/mol. The quantitative estimate of drug-likeness (QED) is 0.327. The average Bonchev–Trinajstić information content (AvgIpc) is 3.45. The summed E-state index contributed by atoms with van der Waals surface area (Å²) in [6, 6.07) is 7.41. The molecule has 1 saturated heterocycles. The van der Waals surface area contributed by atoms with Crippen molar-refractivity contribution in [2.75, 3.05) is 30.4 Å². The third kappa shape index (κ3) is 4.86. The highest BCUT2D eigenvalue weighted by atomic mass is 35.5. The summed E-state index contributed by atoms with van der Waals surface area (Å²) in [5.41, 5.74) is 1.59. The molecular formula is C23H25ClN10O2. The van der Waals surface area contributed by atoms with Gasteiger partial charge in [-0.3, -0.25) is 9.89 Å². The number of aromatic nitrogens is 7. The molecule has 0 atom stereocenters. The van der Waals surface area contributed by atoms with Crippen LogP contribution in [0.3, 0.4) is 0 Å². The van der Waals surface area contributed by atoms with Crippen LogP contribution < -0.4 is 15.5 Å². The summed E-state index contributed by atoms with van der Waals surface area (Å²) in [6.45, 7) is 4.79. The number of carbonyl (C=O) groups is 1. The smallest absolute Gasteiger partial charge is 0.256 e. The molecule has 0 aromatic carbocycles. The number of ether oxygens (including phenoxy) is 1. The number of anilines is 3. The Bertz CT molecular complexity index is 1380. The van der Waals surface area contributed by atoms with E-state index in [4.69, 9.17) is 16.3 Å². The zero-order chi connectivity index (χ0) is 25.3. The number of nitrogens with zero attached hydrogens (tertiary/aromatic N) is 7. The number of methoxy groups -OCH3 is 1. The first-order valence-electron chi connectivity index (χ1n) is 11.2. The van der Waals surface area contributed by atoms with Gasteiger partial charge in [0.2, 0.25) is 5.95 Å². The minimum Gasteiger partial charge on any atom is -0.365 e. The minimum atomic E-state index is -0.987. The topological polar surface area (TPSA) is 139 Å². The number of H-pyrrole nitrogens is 1. The molecule has 0 radical (unpaired) electrons. The Morgan fingerprint density at radius 1 is 1.19 bits per heavy atom. The predicted octanol–water partition coefficient (Wildman–Crippen LogP) is 2.32. The first kappa shape index (κ1) is 23.7. The molecule has 5 rings (SSSR count). The Labute approximate surface area is 212 Å². The van der Waals surface area contributed by atoms with Crippen LogP contribution in [-0.4, -0.2) is 66.6 Å². The zero-order valence-electron chi connectivity index (χ0n) is 20.0. The van der Waals surface area contributed by atoms with Crippen molar-refractivity contribution in [3.63, 3.8) is 0 Å². The van der Waals surface area contributed by atoms with Crippen LogP contribution in [0, 0.1) is 13.8 Å². The van der Waals surface area contributed by atoms with Gasteiger partial charge in [0.05, 0.1) is 30.5 Å². The zero-order valence-corrected chi connectivity index (χ0v) is 20.7. The second kappa shape index (κ2) is 9.55. The fraction of sp³-hybridized carbons (Fsp3) is 0.304. The summed E-state index contributed by atoms with van der Waals surface area (Å²) in [7, 11) is 1.53. The van der Waals surface area contributed by atoms with Gasteiger partial charge in [0.25, 0.3) is 5.91 Å². The summed E-state index contributed by atoms with van der Waals surface area (Å²) in [5, 5.41) is 17.8. The molecule has 5 heterocycles. The van der Waals surface area contributed by atoms with Gasteiger partial charge in [0, 0.05) is 43.4 Å². The van der Waals surface area contributed by atoms with Crippen LogP contribution in [0.2, 0.25) is 5.02 Å². The Morgan fingerprint density at radius 3 is 2.67 bits per heavy atom. The van der Waals surface area contributed by atoms with Crippen molar-refractivity contribution in [2.24, 2.45) is 0 Å². The first-order valence-corrected chi connectivity index (χ1v) is 11.6. The van der Waals surface area contributed by atoms with Crippen molar-refractivity contribution in [3.8, 4) is 5.82 Å². The summed E-state index contributed by atoms with van der Waals surface area (Å²) in [4.78, 5) is 28.4. The van der Waals surface area contributed by atoms with Gasteiger partial charge in [-0.2, -0.15) is 15.2 Å². The van der Waals surface area contributed by atoms with E-state index in [1.165, 1.54) is 7.11 Å². The normalized spacial score (nSPS) is 14.4. The number of hydrogen-bond donors (Lipinski definition) is 3. The minimum absolute atomic E-state index is 0.206. The molecule has 0 bridgehead atoms. The molecule has 4 aromatic rings. The molecule has 1 aliphatic rings. The molecule has 1 aliphatic heterocycles. The Balaban J connectivity index is 1.20. The molecule has 3 N–H and O–H groups in total. The van der Waals surface area contributed by atoms with Crippen LogP contribution in [0.25, 0.3) is 5.82 Å². The van der Waals surface area contributed by atoms with Crippen molar-refractivity contribution in [1.82, 2.24) is 40.2 Å². The Hall–Kier alpha value is -4.03. The summed E-state index contributed by atoms with van der Waals surface area (Å²) in [6.07, 6.45) is 4.90. The molecule has 4 aromatic heterocycles. The van der Waals surface area contributed by atoms with Crippen molar-refractivity contribution in [2.45, 2.75) is 26.0 Å². The number of aromatic amines is 1. The molecule has 0 aliphatic carbocycles. The second-order valence-electron chi connectivity index (χ2n) is 8.62. The van der Waals surface area contributed by atoms with Crippen molar-refractivity contribution in [1.29, 1.82) is 0 Å². The third-order valence-corrected chi connectivity index (χ3v) is 6.03. The first-order chi connectivity index (χ1) is 17.3. The summed E-state index contributed by atoms with van der Waals surface area (Å²) in [5.74, 6) is 2.23. The molecule has 0 spiro atoms. The van der Waals surface area contributed by atoms with Crippen LogP contribution in [-0.2, 0) is 16.1 Å². The monoisotopic (exact) mass is 508 g/mol. The van der Waals surface area contributed by atoms with Crippen LogP contribution in [0.15, 0.2) is 42.9 Å². The number of carbonyl (C=O) groups excluding carboxylic acids is 1. The van der Waals surface area contributed by atoms with Crippen LogP contribution >= 0.6 is 11.6 Å². The van der Waals surface area contributed by atoms with Gasteiger partial charge in [-0.25, -0.2) is 14.6 Å². The van der Waals surface area contributed by atoms with Gasteiger partial charge in [-0.05, 0) is 25.5 Å². The van der Waals surface area contributed by atoms with Crippen molar-refractivity contribution in [3.05, 3.63) is 64.8 Å². The van der Waals surface area contributed by atoms with E-state index in [0.29, 0.717) is 48.1 Å². The number of rotatable bonds is 8. The van der Waals surface area contributed by atoms with Crippen molar-refractivity contribution < 1.29 is 9.53 Å². The molecular weight excluding hydrogens is 484 g/mol. The fourth-order valence-corrected chi connectivity index (χ4v) is 4.01. The lowest BCUT2D eigenvalue weighted by molar-refractivity contribution is -0.146. The number of pyridine rings is 1.